The zero-order chi connectivity index (χ0) is 19.2. The fourth-order valence-electron chi connectivity index (χ4n) is 4.26. The zero-order valence-corrected chi connectivity index (χ0v) is 16.6. The molecule has 0 bridgehead atoms. The molecule has 2 atom stereocenters. The average Bonchev–Trinajstić information content (AvgIpc) is 3.12. The van der Waals surface area contributed by atoms with Crippen LogP contribution in [0.15, 0.2) is 12.1 Å². The number of nitrogens with one attached hydrogen (secondary N) is 2. The standard InChI is InChI=1S/C21H29N3O2/c1-11(2)16-9-24(10-17(16)22-15(6)25)21(26)20-14(5)18-12(3)7-8-13(4)19(18)23-20/h7-8,11,16-17,23H,9-10H2,1-6H3,(H,22,25). The number of aromatic nitrogens is 1. The first-order chi connectivity index (χ1) is 12.2. The fourth-order valence-corrected chi connectivity index (χ4v) is 4.26. The van der Waals surface area contributed by atoms with Crippen molar-refractivity contribution in [2.45, 2.75) is 47.6 Å². The lowest BCUT2D eigenvalue weighted by molar-refractivity contribution is -0.119. The quantitative estimate of drug-likeness (QED) is 0.887. The van der Waals surface area contributed by atoms with E-state index < -0.39 is 0 Å². The van der Waals surface area contributed by atoms with Crippen LogP contribution in [0.4, 0.5) is 0 Å². The third-order valence-electron chi connectivity index (χ3n) is 5.73. The van der Waals surface area contributed by atoms with Gasteiger partial charge in [-0.25, -0.2) is 0 Å². The van der Waals surface area contributed by atoms with Crippen LogP contribution < -0.4 is 5.32 Å². The number of fused-ring (bicyclic) bond motifs is 1. The van der Waals surface area contributed by atoms with Crippen molar-refractivity contribution in [3.8, 4) is 0 Å². The number of nitrogens with zero attached hydrogens (tertiary/aromatic N) is 1. The predicted octanol–water partition coefficient (Wildman–Crippen LogP) is 3.33. The van der Waals surface area contributed by atoms with E-state index in [0.29, 0.717) is 24.7 Å². The Balaban J connectivity index is 1.94. The van der Waals surface area contributed by atoms with Gasteiger partial charge in [0.2, 0.25) is 5.91 Å². The van der Waals surface area contributed by atoms with Crippen LogP contribution >= 0.6 is 0 Å². The normalized spacial score (nSPS) is 20.2. The van der Waals surface area contributed by atoms with Gasteiger partial charge in [0, 0.05) is 36.8 Å². The predicted molar refractivity (Wildman–Crippen MR) is 104 cm³/mol. The second-order valence-corrected chi connectivity index (χ2v) is 8.00. The highest BCUT2D eigenvalue weighted by Gasteiger charge is 2.38. The second kappa shape index (κ2) is 6.78. The van der Waals surface area contributed by atoms with Crippen molar-refractivity contribution in [1.82, 2.24) is 15.2 Å². The van der Waals surface area contributed by atoms with Crippen molar-refractivity contribution in [1.29, 1.82) is 0 Å². The van der Waals surface area contributed by atoms with Crippen molar-refractivity contribution in [2.24, 2.45) is 11.8 Å². The van der Waals surface area contributed by atoms with Crippen LogP contribution in [-0.4, -0.2) is 40.8 Å². The van der Waals surface area contributed by atoms with Crippen molar-refractivity contribution in [2.75, 3.05) is 13.1 Å². The van der Waals surface area contributed by atoms with Gasteiger partial charge in [0.15, 0.2) is 0 Å². The minimum absolute atomic E-state index is 0.0182. The summed E-state index contributed by atoms with van der Waals surface area (Å²) in [5.41, 5.74) is 5.05. The minimum atomic E-state index is -0.0389. The van der Waals surface area contributed by atoms with Gasteiger partial charge in [-0.1, -0.05) is 26.0 Å². The molecule has 1 aromatic heterocycles. The van der Waals surface area contributed by atoms with E-state index in [9.17, 15) is 9.59 Å². The van der Waals surface area contributed by atoms with E-state index in [4.69, 9.17) is 0 Å². The molecule has 1 saturated heterocycles. The van der Waals surface area contributed by atoms with E-state index in [1.807, 2.05) is 11.8 Å². The summed E-state index contributed by atoms with van der Waals surface area (Å²) in [7, 11) is 0. The summed E-state index contributed by atoms with van der Waals surface area (Å²) >= 11 is 0. The molecule has 5 heteroatoms. The number of likely N-dealkylation sites (tertiary alicyclic amines) is 1. The van der Waals surface area contributed by atoms with Crippen LogP contribution in [0.25, 0.3) is 10.9 Å². The maximum atomic E-state index is 13.2. The van der Waals surface area contributed by atoms with Gasteiger partial charge in [0.05, 0.1) is 6.04 Å². The first-order valence-corrected chi connectivity index (χ1v) is 9.35. The molecule has 5 nitrogen and oxygen atoms in total. The lowest BCUT2D eigenvalue weighted by atomic mass is 9.91. The molecular formula is C21H29N3O2. The molecular weight excluding hydrogens is 326 g/mol. The Morgan fingerprint density at radius 3 is 2.38 bits per heavy atom. The van der Waals surface area contributed by atoms with E-state index >= 15 is 0 Å². The highest BCUT2D eigenvalue weighted by atomic mass is 16.2. The van der Waals surface area contributed by atoms with E-state index in [2.05, 4.69) is 50.1 Å². The number of carbonyl (C=O) groups is 2. The third kappa shape index (κ3) is 3.11. The zero-order valence-electron chi connectivity index (χ0n) is 16.6. The molecule has 140 valence electrons. The molecule has 2 unspecified atom stereocenters. The molecule has 2 amide bonds. The van der Waals surface area contributed by atoms with Crippen LogP contribution in [0.5, 0.6) is 0 Å². The van der Waals surface area contributed by atoms with Gasteiger partial charge >= 0.3 is 0 Å². The first kappa shape index (κ1) is 18.5. The topological polar surface area (TPSA) is 65.2 Å². The Morgan fingerprint density at radius 2 is 1.81 bits per heavy atom. The van der Waals surface area contributed by atoms with E-state index in [1.54, 1.807) is 0 Å². The Morgan fingerprint density at radius 1 is 1.15 bits per heavy atom. The number of hydrogen-bond donors (Lipinski definition) is 2. The summed E-state index contributed by atoms with van der Waals surface area (Å²) in [6, 6.07) is 4.20. The van der Waals surface area contributed by atoms with E-state index in [-0.39, 0.29) is 23.8 Å². The molecule has 1 aromatic carbocycles. The summed E-state index contributed by atoms with van der Waals surface area (Å²) in [5, 5.41) is 4.17. The number of amides is 2. The number of hydrogen-bond acceptors (Lipinski definition) is 2. The maximum absolute atomic E-state index is 13.2. The van der Waals surface area contributed by atoms with Gasteiger partial charge in [0.1, 0.15) is 5.69 Å². The average molecular weight is 355 g/mol. The Kier molecular flexibility index (Phi) is 4.82. The van der Waals surface area contributed by atoms with Crippen LogP contribution in [0.2, 0.25) is 0 Å². The molecule has 2 aromatic rings. The molecule has 1 aliphatic heterocycles. The highest BCUT2D eigenvalue weighted by Crippen LogP contribution is 2.30. The number of aryl methyl sites for hydroxylation is 3. The molecule has 26 heavy (non-hydrogen) atoms. The Labute approximate surface area is 155 Å². The summed E-state index contributed by atoms with van der Waals surface area (Å²) in [4.78, 5) is 30.0. The van der Waals surface area contributed by atoms with E-state index in [1.165, 1.54) is 12.5 Å². The number of rotatable bonds is 3. The lowest BCUT2D eigenvalue weighted by Crippen LogP contribution is -2.41. The van der Waals surface area contributed by atoms with Gasteiger partial charge in [-0.05, 0) is 43.4 Å². The number of aromatic amines is 1. The number of carbonyl (C=O) groups excluding carboxylic acids is 2. The Bertz CT molecular complexity index is 866. The highest BCUT2D eigenvalue weighted by molar-refractivity contribution is 6.02. The lowest BCUT2D eigenvalue weighted by Gasteiger charge is -2.21. The van der Waals surface area contributed by atoms with Crippen LogP contribution in [0.3, 0.4) is 0 Å². The number of H-pyrrole nitrogens is 1. The summed E-state index contributed by atoms with van der Waals surface area (Å²) in [5.74, 6) is 0.660. The first-order valence-electron chi connectivity index (χ1n) is 9.35. The SMILES string of the molecule is CC(=O)NC1CN(C(=O)c2[nH]c3c(C)ccc(C)c3c2C)CC1C(C)C. The van der Waals surface area contributed by atoms with Gasteiger partial charge in [0.25, 0.3) is 5.91 Å². The van der Waals surface area contributed by atoms with Crippen molar-refractivity contribution >= 4 is 22.7 Å². The number of benzene rings is 1. The van der Waals surface area contributed by atoms with Gasteiger partial charge in [-0.3, -0.25) is 9.59 Å². The minimum Gasteiger partial charge on any atom is -0.351 e. The molecule has 1 aliphatic rings. The summed E-state index contributed by atoms with van der Waals surface area (Å²) in [6.45, 7) is 13.2. The van der Waals surface area contributed by atoms with Crippen LogP contribution in [0.1, 0.15) is 48.0 Å². The third-order valence-corrected chi connectivity index (χ3v) is 5.73. The molecule has 0 aliphatic carbocycles. The second-order valence-electron chi connectivity index (χ2n) is 8.00. The molecule has 2 N–H and O–H groups in total. The van der Waals surface area contributed by atoms with Crippen LogP contribution in [-0.2, 0) is 4.79 Å². The Hall–Kier alpha value is -2.30. The fraction of sp³-hybridized carbons (Fsp3) is 0.524. The molecule has 0 spiro atoms. The van der Waals surface area contributed by atoms with Gasteiger partial charge in [-0.15, -0.1) is 0 Å². The molecule has 0 saturated carbocycles. The van der Waals surface area contributed by atoms with Crippen molar-refractivity contribution in [3.05, 3.63) is 34.5 Å². The largest absolute Gasteiger partial charge is 0.351 e. The summed E-state index contributed by atoms with van der Waals surface area (Å²) in [6.07, 6.45) is 0. The molecule has 3 rings (SSSR count). The van der Waals surface area contributed by atoms with E-state index in [0.717, 1.165) is 22.0 Å². The monoisotopic (exact) mass is 355 g/mol. The molecule has 2 heterocycles. The van der Waals surface area contributed by atoms with Crippen LogP contribution in [0, 0.1) is 32.6 Å². The summed E-state index contributed by atoms with van der Waals surface area (Å²) < 4.78 is 0. The molecule has 0 radical (unpaired) electrons. The maximum Gasteiger partial charge on any atom is 0.270 e. The van der Waals surface area contributed by atoms with Crippen molar-refractivity contribution in [3.63, 3.8) is 0 Å². The molecule has 1 fully saturated rings. The van der Waals surface area contributed by atoms with Gasteiger partial charge in [-0.2, -0.15) is 0 Å². The smallest absolute Gasteiger partial charge is 0.270 e. The van der Waals surface area contributed by atoms with Crippen molar-refractivity contribution < 1.29 is 9.59 Å². The van der Waals surface area contributed by atoms with Gasteiger partial charge < -0.3 is 15.2 Å².